The minimum absolute atomic E-state index is 0.0293. The third-order valence-corrected chi connectivity index (χ3v) is 3.15. The number of nitrogens with two attached hydrogens (primary N) is 2. The number of hydrogen-bond acceptors (Lipinski definition) is 3. The second kappa shape index (κ2) is 5.84. The van der Waals surface area contributed by atoms with Gasteiger partial charge in [0.15, 0.2) is 0 Å². The summed E-state index contributed by atoms with van der Waals surface area (Å²) in [6.07, 6.45) is 2.80. The number of carbonyl (C=O) groups is 2. The van der Waals surface area contributed by atoms with Crippen LogP contribution in [0.1, 0.15) is 32.6 Å². The van der Waals surface area contributed by atoms with Crippen LogP contribution in [0.15, 0.2) is 0 Å². The molecule has 2 unspecified atom stereocenters. The van der Waals surface area contributed by atoms with Crippen molar-refractivity contribution in [1.82, 2.24) is 4.90 Å². The molecule has 1 heterocycles. The molecule has 4 N–H and O–H groups in total. The van der Waals surface area contributed by atoms with E-state index in [2.05, 4.69) is 0 Å². The van der Waals surface area contributed by atoms with Crippen LogP contribution >= 0.6 is 0 Å². The van der Waals surface area contributed by atoms with Gasteiger partial charge in [-0.3, -0.25) is 9.59 Å². The lowest BCUT2D eigenvalue weighted by Gasteiger charge is -2.22. The normalized spacial score (nSPS) is 22.1. The molecule has 0 bridgehead atoms. The third-order valence-electron chi connectivity index (χ3n) is 3.15. The van der Waals surface area contributed by atoms with Gasteiger partial charge in [-0.25, -0.2) is 0 Å². The summed E-state index contributed by atoms with van der Waals surface area (Å²) in [5.74, 6) is -0.0158. The van der Waals surface area contributed by atoms with Gasteiger partial charge in [-0.15, -0.1) is 0 Å². The molecule has 1 saturated heterocycles. The van der Waals surface area contributed by atoms with Crippen molar-refractivity contribution in [2.45, 2.75) is 38.6 Å². The molecule has 0 radical (unpaired) electrons. The first-order valence-electron chi connectivity index (χ1n) is 5.85. The lowest BCUT2D eigenvalue weighted by molar-refractivity contribution is -0.137. The summed E-state index contributed by atoms with van der Waals surface area (Å²) in [5, 5.41) is 0. The molecule has 92 valence electrons. The Morgan fingerprint density at radius 1 is 1.50 bits per heavy atom. The molecule has 2 atom stereocenters. The van der Waals surface area contributed by atoms with Crippen LogP contribution in [-0.2, 0) is 9.59 Å². The quantitative estimate of drug-likeness (QED) is 0.683. The van der Waals surface area contributed by atoms with Gasteiger partial charge < -0.3 is 16.4 Å². The van der Waals surface area contributed by atoms with Crippen LogP contribution < -0.4 is 11.5 Å². The fourth-order valence-corrected chi connectivity index (χ4v) is 1.99. The van der Waals surface area contributed by atoms with Gasteiger partial charge in [0.1, 0.15) is 6.04 Å². The monoisotopic (exact) mass is 227 g/mol. The summed E-state index contributed by atoms with van der Waals surface area (Å²) in [6, 6.07) is -0.388. The van der Waals surface area contributed by atoms with E-state index in [4.69, 9.17) is 11.5 Å². The first kappa shape index (κ1) is 13.0. The van der Waals surface area contributed by atoms with Crippen molar-refractivity contribution in [3.8, 4) is 0 Å². The lowest BCUT2D eigenvalue weighted by atomic mass is 10.1. The fourth-order valence-electron chi connectivity index (χ4n) is 1.99. The Bertz CT molecular complexity index is 268. The van der Waals surface area contributed by atoms with Crippen molar-refractivity contribution >= 4 is 11.8 Å². The van der Waals surface area contributed by atoms with E-state index < -0.39 is 5.91 Å². The van der Waals surface area contributed by atoms with E-state index in [1.165, 1.54) is 0 Å². The Labute approximate surface area is 96.1 Å². The molecule has 1 fully saturated rings. The van der Waals surface area contributed by atoms with Gasteiger partial charge in [0.05, 0.1) is 0 Å². The van der Waals surface area contributed by atoms with Crippen LogP contribution in [0.25, 0.3) is 0 Å². The summed E-state index contributed by atoms with van der Waals surface area (Å²) in [6.45, 7) is 3.26. The number of amides is 2. The predicted octanol–water partition coefficient (Wildman–Crippen LogP) is -0.162. The Balaban J connectivity index is 2.44. The van der Waals surface area contributed by atoms with Crippen molar-refractivity contribution in [3.05, 3.63) is 0 Å². The van der Waals surface area contributed by atoms with E-state index in [9.17, 15) is 9.59 Å². The topological polar surface area (TPSA) is 89.4 Å². The Morgan fingerprint density at radius 3 is 2.75 bits per heavy atom. The van der Waals surface area contributed by atoms with E-state index in [-0.39, 0.29) is 11.9 Å². The van der Waals surface area contributed by atoms with Crippen molar-refractivity contribution in [1.29, 1.82) is 0 Å². The summed E-state index contributed by atoms with van der Waals surface area (Å²) >= 11 is 0. The van der Waals surface area contributed by atoms with Crippen LogP contribution in [0.5, 0.6) is 0 Å². The molecule has 5 nitrogen and oxygen atoms in total. The number of nitrogens with zero attached hydrogens (tertiary/aromatic N) is 1. The molecule has 16 heavy (non-hydrogen) atoms. The molecular formula is C11H21N3O2. The van der Waals surface area contributed by atoms with E-state index in [1.807, 2.05) is 6.92 Å². The van der Waals surface area contributed by atoms with Crippen LogP contribution in [0.3, 0.4) is 0 Å². The highest BCUT2D eigenvalue weighted by Crippen LogP contribution is 2.19. The smallest absolute Gasteiger partial charge is 0.240 e. The molecule has 0 spiro atoms. The van der Waals surface area contributed by atoms with Crippen LogP contribution in [0.4, 0.5) is 0 Å². The van der Waals surface area contributed by atoms with E-state index in [1.54, 1.807) is 4.90 Å². The number of rotatable bonds is 5. The summed E-state index contributed by atoms with van der Waals surface area (Å²) < 4.78 is 0. The Hall–Kier alpha value is -1.10. The van der Waals surface area contributed by atoms with Crippen molar-refractivity contribution in [2.75, 3.05) is 13.1 Å². The van der Waals surface area contributed by atoms with Gasteiger partial charge in [-0.2, -0.15) is 0 Å². The average Bonchev–Trinajstić information content (AvgIpc) is 2.74. The van der Waals surface area contributed by atoms with Gasteiger partial charge >= 0.3 is 0 Å². The maximum atomic E-state index is 11.9. The molecule has 1 aliphatic heterocycles. The van der Waals surface area contributed by atoms with Gasteiger partial charge in [-0.1, -0.05) is 6.92 Å². The van der Waals surface area contributed by atoms with Crippen molar-refractivity contribution in [3.63, 3.8) is 0 Å². The highest BCUT2D eigenvalue weighted by atomic mass is 16.2. The van der Waals surface area contributed by atoms with E-state index >= 15 is 0 Å². The predicted molar refractivity (Wildman–Crippen MR) is 61.4 cm³/mol. The minimum atomic E-state index is -0.391. The molecule has 1 aliphatic rings. The molecule has 1 rings (SSSR count). The number of likely N-dealkylation sites (tertiary alicyclic amines) is 1. The molecular weight excluding hydrogens is 206 g/mol. The molecule has 0 aromatic rings. The van der Waals surface area contributed by atoms with Gasteiger partial charge in [0, 0.05) is 13.0 Å². The second-order valence-corrected chi connectivity index (χ2v) is 4.53. The first-order valence-corrected chi connectivity index (χ1v) is 5.85. The molecule has 0 aromatic carbocycles. The standard InChI is InChI=1S/C11H21N3O2/c1-8(7-12)4-5-10(15)14-6-2-3-9(14)11(13)16/h8-9H,2-7,12H2,1H3,(H2,13,16). The first-order chi connectivity index (χ1) is 7.56. The molecule has 0 aliphatic carbocycles. The van der Waals surface area contributed by atoms with Crippen LogP contribution in [0.2, 0.25) is 0 Å². The maximum absolute atomic E-state index is 11.9. The number of hydrogen-bond donors (Lipinski definition) is 2. The van der Waals surface area contributed by atoms with Gasteiger partial charge in [-0.05, 0) is 31.7 Å². The Kier molecular flexibility index (Phi) is 4.73. The summed E-state index contributed by atoms with van der Waals surface area (Å²) in [5.41, 5.74) is 10.7. The van der Waals surface area contributed by atoms with E-state index in [0.29, 0.717) is 31.8 Å². The van der Waals surface area contributed by atoms with Gasteiger partial charge in [0.25, 0.3) is 0 Å². The second-order valence-electron chi connectivity index (χ2n) is 4.53. The highest BCUT2D eigenvalue weighted by Gasteiger charge is 2.32. The third kappa shape index (κ3) is 3.20. The van der Waals surface area contributed by atoms with E-state index in [0.717, 1.165) is 12.8 Å². The molecule has 5 heteroatoms. The average molecular weight is 227 g/mol. The zero-order valence-corrected chi connectivity index (χ0v) is 9.82. The van der Waals surface area contributed by atoms with Crippen molar-refractivity contribution < 1.29 is 9.59 Å². The SMILES string of the molecule is CC(CN)CCC(=O)N1CCCC1C(N)=O. The maximum Gasteiger partial charge on any atom is 0.240 e. The highest BCUT2D eigenvalue weighted by molar-refractivity contribution is 5.87. The largest absolute Gasteiger partial charge is 0.368 e. The summed E-state index contributed by atoms with van der Waals surface area (Å²) in [4.78, 5) is 24.6. The summed E-state index contributed by atoms with van der Waals surface area (Å²) in [7, 11) is 0. The zero-order valence-electron chi connectivity index (χ0n) is 9.82. The number of carbonyl (C=O) groups excluding carboxylic acids is 2. The zero-order chi connectivity index (χ0) is 12.1. The Morgan fingerprint density at radius 2 is 2.19 bits per heavy atom. The van der Waals surface area contributed by atoms with Crippen LogP contribution in [-0.4, -0.2) is 35.8 Å². The lowest BCUT2D eigenvalue weighted by Crippen LogP contribution is -2.43. The van der Waals surface area contributed by atoms with Gasteiger partial charge in [0.2, 0.25) is 11.8 Å². The molecule has 2 amide bonds. The van der Waals surface area contributed by atoms with Crippen molar-refractivity contribution in [2.24, 2.45) is 17.4 Å². The molecule has 0 aromatic heterocycles. The minimum Gasteiger partial charge on any atom is -0.368 e. The van der Waals surface area contributed by atoms with Crippen LogP contribution in [0, 0.1) is 5.92 Å². The number of primary amides is 1. The fraction of sp³-hybridized carbons (Fsp3) is 0.818. The molecule has 0 saturated carbocycles.